The van der Waals surface area contributed by atoms with E-state index in [4.69, 9.17) is 15.2 Å². The highest BCUT2D eigenvalue weighted by Gasteiger charge is 2.23. The Morgan fingerprint density at radius 3 is 3.06 bits per heavy atom. The Hall–Kier alpha value is -1.42. The van der Waals surface area contributed by atoms with Gasteiger partial charge in [0.25, 0.3) is 0 Å². The number of rotatable bonds is 4. The zero-order valence-corrected chi connectivity index (χ0v) is 10.6. The third-order valence-corrected chi connectivity index (χ3v) is 3.82. The summed E-state index contributed by atoms with van der Waals surface area (Å²) in [5.74, 6) is 2.52. The first-order chi connectivity index (χ1) is 8.86. The zero-order chi connectivity index (χ0) is 12.4. The van der Waals surface area contributed by atoms with Crippen molar-refractivity contribution in [2.45, 2.75) is 19.3 Å². The van der Waals surface area contributed by atoms with Gasteiger partial charge in [-0.05, 0) is 43.9 Å². The molecule has 1 saturated heterocycles. The van der Waals surface area contributed by atoms with Crippen molar-refractivity contribution in [2.24, 2.45) is 11.7 Å². The van der Waals surface area contributed by atoms with Crippen LogP contribution in [-0.4, -0.2) is 26.4 Å². The third kappa shape index (κ3) is 2.25. The summed E-state index contributed by atoms with van der Waals surface area (Å²) in [6, 6.07) is 6.22. The van der Waals surface area contributed by atoms with Crippen molar-refractivity contribution in [3.05, 3.63) is 18.2 Å². The minimum Gasteiger partial charge on any atom is -0.454 e. The van der Waals surface area contributed by atoms with E-state index in [1.807, 2.05) is 6.07 Å². The van der Waals surface area contributed by atoms with Crippen molar-refractivity contribution in [3.8, 4) is 11.5 Å². The SMILES string of the molecule is NCCCC1CCN(c2ccc3c(c2)OCO3)C1. The summed E-state index contributed by atoms with van der Waals surface area (Å²) in [7, 11) is 0. The summed E-state index contributed by atoms with van der Waals surface area (Å²) in [4.78, 5) is 2.43. The molecule has 2 N–H and O–H groups in total. The fourth-order valence-electron chi connectivity index (χ4n) is 2.79. The molecule has 0 aliphatic carbocycles. The molecule has 0 radical (unpaired) electrons. The molecule has 0 saturated carbocycles. The molecular weight excluding hydrogens is 228 g/mol. The van der Waals surface area contributed by atoms with E-state index >= 15 is 0 Å². The Labute approximate surface area is 108 Å². The predicted octanol–water partition coefficient (Wildman–Crippen LogP) is 1.98. The van der Waals surface area contributed by atoms with E-state index in [2.05, 4.69) is 17.0 Å². The van der Waals surface area contributed by atoms with Crippen LogP contribution in [0.1, 0.15) is 19.3 Å². The first-order valence-corrected chi connectivity index (χ1v) is 6.71. The van der Waals surface area contributed by atoms with Gasteiger partial charge in [-0.15, -0.1) is 0 Å². The molecule has 0 spiro atoms. The highest BCUT2D eigenvalue weighted by Crippen LogP contribution is 2.37. The summed E-state index contributed by atoms with van der Waals surface area (Å²) >= 11 is 0. The number of fused-ring (bicyclic) bond motifs is 1. The zero-order valence-electron chi connectivity index (χ0n) is 10.6. The Balaban J connectivity index is 1.65. The van der Waals surface area contributed by atoms with Crippen LogP contribution < -0.4 is 20.1 Å². The van der Waals surface area contributed by atoms with Crippen LogP contribution in [0.2, 0.25) is 0 Å². The molecule has 0 amide bonds. The van der Waals surface area contributed by atoms with Gasteiger partial charge in [-0.1, -0.05) is 0 Å². The van der Waals surface area contributed by atoms with Gasteiger partial charge in [-0.3, -0.25) is 0 Å². The van der Waals surface area contributed by atoms with E-state index in [-0.39, 0.29) is 0 Å². The van der Waals surface area contributed by atoms with E-state index in [1.54, 1.807) is 0 Å². The number of hydrogen-bond acceptors (Lipinski definition) is 4. The molecular formula is C14H20N2O2. The van der Waals surface area contributed by atoms with Crippen LogP contribution in [0.3, 0.4) is 0 Å². The predicted molar refractivity (Wildman–Crippen MR) is 71.2 cm³/mol. The van der Waals surface area contributed by atoms with Gasteiger partial charge in [0.2, 0.25) is 6.79 Å². The summed E-state index contributed by atoms with van der Waals surface area (Å²) in [6.07, 6.45) is 3.66. The lowest BCUT2D eigenvalue weighted by molar-refractivity contribution is 0.174. The Kier molecular flexibility index (Phi) is 3.28. The summed E-state index contributed by atoms with van der Waals surface area (Å²) in [5, 5.41) is 0. The normalized spacial score (nSPS) is 21.6. The van der Waals surface area contributed by atoms with E-state index < -0.39 is 0 Å². The van der Waals surface area contributed by atoms with Crippen LogP contribution >= 0.6 is 0 Å². The fraction of sp³-hybridized carbons (Fsp3) is 0.571. The summed E-state index contributed by atoms with van der Waals surface area (Å²) in [6.45, 7) is 3.42. The maximum absolute atomic E-state index is 5.57. The minimum absolute atomic E-state index is 0.345. The average Bonchev–Trinajstić information content (AvgIpc) is 3.04. The van der Waals surface area contributed by atoms with Gasteiger partial charge >= 0.3 is 0 Å². The van der Waals surface area contributed by atoms with E-state index in [1.165, 1.54) is 18.5 Å². The van der Waals surface area contributed by atoms with Crippen molar-refractivity contribution in [2.75, 3.05) is 31.3 Å². The molecule has 98 valence electrons. The number of ether oxygens (including phenoxy) is 2. The maximum atomic E-state index is 5.57. The Morgan fingerprint density at radius 1 is 1.28 bits per heavy atom. The molecule has 2 aliphatic rings. The van der Waals surface area contributed by atoms with Gasteiger partial charge in [-0.25, -0.2) is 0 Å². The van der Waals surface area contributed by atoms with Gasteiger partial charge in [0, 0.05) is 24.8 Å². The van der Waals surface area contributed by atoms with E-state index in [9.17, 15) is 0 Å². The number of nitrogens with two attached hydrogens (primary N) is 1. The number of anilines is 1. The summed E-state index contributed by atoms with van der Waals surface area (Å²) < 4.78 is 10.8. The maximum Gasteiger partial charge on any atom is 0.231 e. The van der Waals surface area contributed by atoms with Gasteiger partial charge in [0.05, 0.1) is 0 Å². The molecule has 0 bridgehead atoms. The van der Waals surface area contributed by atoms with Crippen molar-refractivity contribution in [1.82, 2.24) is 0 Å². The second-order valence-corrected chi connectivity index (χ2v) is 5.07. The highest BCUT2D eigenvalue weighted by molar-refractivity contribution is 5.57. The molecule has 1 fully saturated rings. The summed E-state index contributed by atoms with van der Waals surface area (Å²) in [5.41, 5.74) is 6.81. The third-order valence-electron chi connectivity index (χ3n) is 3.82. The first kappa shape index (κ1) is 11.7. The molecule has 1 aromatic rings. The lowest BCUT2D eigenvalue weighted by Gasteiger charge is -2.19. The average molecular weight is 248 g/mol. The molecule has 18 heavy (non-hydrogen) atoms. The molecule has 1 aromatic carbocycles. The minimum atomic E-state index is 0.345. The molecule has 4 nitrogen and oxygen atoms in total. The molecule has 3 rings (SSSR count). The van der Waals surface area contributed by atoms with Crippen molar-refractivity contribution in [1.29, 1.82) is 0 Å². The van der Waals surface area contributed by atoms with Crippen LogP contribution in [-0.2, 0) is 0 Å². The molecule has 4 heteroatoms. The number of nitrogens with zero attached hydrogens (tertiary/aromatic N) is 1. The fourth-order valence-corrected chi connectivity index (χ4v) is 2.79. The van der Waals surface area contributed by atoms with Crippen molar-refractivity contribution < 1.29 is 9.47 Å². The van der Waals surface area contributed by atoms with Crippen LogP contribution in [0.15, 0.2) is 18.2 Å². The van der Waals surface area contributed by atoms with Crippen molar-refractivity contribution >= 4 is 5.69 Å². The first-order valence-electron chi connectivity index (χ1n) is 6.71. The smallest absolute Gasteiger partial charge is 0.231 e. The molecule has 0 aromatic heterocycles. The standard InChI is InChI=1S/C14H20N2O2/c15-6-1-2-11-5-7-16(9-11)12-3-4-13-14(8-12)18-10-17-13/h3-4,8,11H,1-2,5-7,9-10,15H2. The highest BCUT2D eigenvalue weighted by atomic mass is 16.7. The van der Waals surface area contributed by atoms with E-state index in [0.717, 1.165) is 43.5 Å². The van der Waals surface area contributed by atoms with Crippen LogP contribution in [0.25, 0.3) is 0 Å². The second kappa shape index (κ2) is 5.06. The van der Waals surface area contributed by atoms with Gasteiger partial charge in [-0.2, -0.15) is 0 Å². The number of hydrogen-bond donors (Lipinski definition) is 1. The van der Waals surface area contributed by atoms with Crippen LogP contribution in [0.4, 0.5) is 5.69 Å². The lowest BCUT2D eigenvalue weighted by atomic mass is 10.0. The number of benzene rings is 1. The largest absolute Gasteiger partial charge is 0.454 e. The van der Waals surface area contributed by atoms with Gasteiger partial charge < -0.3 is 20.1 Å². The Morgan fingerprint density at radius 2 is 2.17 bits per heavy atom. The topological polar surface area (TPSA) is 47.7 Å². The van der Waals surface area contributed by atoms with Crippen LogP contribution in [0.5, 0.6) is 11.5 Å². The van der Waals surface area contributed by atoms with Gasteiger partial charge in [0.15, 0.2) is 11.5 Å². The van der Waals surface area contributed by atoms with Gasteiger partial charge in [0.1, 0.15) is 0 Å². The molecule has 2 aliphatic heterocycles. The van der Waals surface area contributed by atoms with Crippen LogP contribution in [0, 0.1) is 5.92 Å². The second-order valence-electron chi connectivity index (χ2n) is 5.07. The monoisotopic (exact) mass is 248 g/mol. The van der Waals surface area contributed by atoms with Crippen molar-refractivity contribution in [3.63, 3.8) is 0 Å². The molecule has 1 unspecified atom stereocenters. The molecule has 2 heterocycles. The Bertz CT molecular complexity index is 422. The lowest BCUT2D eigenvalue weighted by Crippen LogP contribution is -2.19. The quantitative estimate of drug-likeness (QED) is 0.885. The molecule has 1 atom stereocenters. The van der Waals surface area contributed by atoms with E-state index in [0.29, 0.717) is 6.79 Å².